The Bertz CT molecular complexity index is 1220. The van der Waals surface area contributed by atoms with Crippen LogP contribution in [0, 0.1) is 13.8 Å². The fourth-order valence-corrected chi connectivity index (χ4v) is 3.19. The SMILES string of the molecule is COc1ccc(-c2cc(-c3ccc(C)cc3)nc(NC(=O)Nc3ccc(C)cc3)n2)cc1. The molecule has 6 heteroatoms. The Hall–Kier alpha value is -4.19. The number of hydrogen-bond donors (Lipinski definition) is 2. The molecule has 2 amide bonds. The maximum absolute atomic E-state index is 12.6. The number of aromatic nitrogens is 2. The zero-order chi connectivity index (χ0) is 22.5. The lowest BCUT2D eigenvalue weighted by Crippen LogP contribution is -2.21. The van der Waals surface area contributed by atoms with Crippen molar-refractivity contribution >= 4 is 17.7 Å². The van der Waals surface area contributed by atoms with Gasteiger partial charge in [-0.2, -0.15) is 0 Å². The minimum atomic E-state index is -0.407. The number of methoxy groups -OCH3 is 1. The van der Waals surface area contributed by atoms with E-state index in [1.54, 1.807) is 7.11 Å². The summed E-state index contributed by atoms with van der Waals surface area (Å²) in [7, 11) is 1.63. The highest BCUT2D eigenvalue weighted by Crippen LogP contribution is 2.27. The fraction of sp³-hybridized carbons (Fsp3) is 0.115. The maximum Gasteiger partial charge on any atom is 0.326 e. The first-order valence-corrected chi connectivity index (χ1v) is 10.3. The molecule has 0 aliphatic heterocycles. The van der Waals surface area contributed by atoms with Gasteiger partial charge < -0.3 is 10.1 Å². The molecule has 6 nitrogen and oxygen atoms in total. The molecule has 0 saturated carbocycles. The highest BCUT2D eigenvalue weighted by molar-refractivity contribution is 5.98. The van der Waals surface area contributed by atoms with Crippen LogP contribution in [0.3, 0.4) is 0 Å². The first-order valence-electron chi connectivity index (χ1n) is 10.3. The van der Waals surface area contributed by atoms with Crippen LogP contribution < -0.4 is 15.4 Å². The standard InChI is InChI=1S/C26H24N4O2/c1-17-4-8-19(9-5-17)23-16-24(20-10-14-22(32-3)15-11-20)29-25(28-23)30-26(31)27-21-12-6-18(2)7-13-21/h4-16H,1-3H3,(H2,27,28,29,30,31). The van der Waals surface area contributed by atoms with Gasteiger partial charge in [-0.05, 0) is 56.3 Å². The Balaban J connectivity index is 1.66. The van der Waals surface area contributed by atoms with Crippen LogP contribution in [0.5, 0.6) is 5.75 Å². The summed E-state index contributed by atoms with van der Waals surface area (Å²) in [6.45, 7) is 4.03. The van der Waals surface area contributed by atoms with Crippen LogP contribution in [0.1, 0.15) is 11.1 Å². The van der Waals surface area contributed by atoms with E-state index < -0.39 is 6.03 Å². The molecule has 1 aromatic heterocycles. The molecule has 3 aromatic carbocycles. The zero-order valence-corrected chi connectivity index (χ0v) is 18.2. The van der Waals surface area contributed by atoms with Crippen molar-refractivity contribution in [2.45, 2.75) is 13.8 Å². The summed E-state index contributed by atoms with van der Waals surface area (Å²) >= 11 is 0. The molecule has 160 valence electrons. The van der Waals surface area contributed by atoms with E-state index in [0.29, 0.717) is 11.4 Å². The van der Waals surface area contributed by atoms with E-state index in [0.717, 1.165) is 33.7 Å². The van der Waals surface area contributed by atoms with Gasteiger partial charge in [0.2, 0.25) is 5.95 Å². The highest BCUT2D eigenvalue weighted by atomic mass is 16.5. The van der Waals surface area contributed by atoms with Crippen molar-refractivity contribution in [2.24, 2.45) is 0 Å². The van der Waals surface area contributed by atoms with Crippen LogP contribution in [0.15, 0.2) is 78.9 Å². The average molecular weight is 425 g/mol. The van der Waals surface area contributed by atoms with Gasteiger partial charge in [-0.3, -0.25) is 5.32 Å². The minimum Gasteiger partial charge on any atom is -0.497 e. The zero-order valence-electron chi connectivity index (χ0n) is 18.2. The van der Waals surface area contributed by atoms with Crippen molar-refractivity contribution in [3.05, 3.63) is 90.0 Å². The van der Waals surface area contributed by atoms with E-state index >= 15 is 0 Å². The van der Waals surface area contributed by atoms with Crippen molar-refractivity contribution < 1.29 is 9.53 Å². The number of hydrogen-bond acceptors (Lipinski definition) is 4. The van der Waals surface area contributed by atoms with Gasteiger partial charge in [-0.25, -0.2) is 14.8 Å². The van der Waals surface area contributed by atoms with E-state index in [9.17, 15) is 4.79 Å². The summed E-state index contributed by atoms with van der Waals surface area (Å²) in [4.78, 5) is 21.7. The van der Waals surface area contributed by atoms with Gasteiger partial charge in [0.25, 0.3) is 0 Å². The number of rotatable bonds is 5. The van der Waals surface area contributed by atoms with Crippen molar-refractivity contribution in [3.8, 4) is 28.3 Å². The van der Waals surface area contributed by atoms with Crippen LogP contribution in [-0.2, 0) is 0 Å². The van der Waals surface area contributed by atoms with Crippen LogP contribution in [0.2, 0.25) is 0 Å². The van der Waals surface area contributed by atoms with Gasteiger partial charge in [0.05, 0.1) is 18.5 Å². The van der Waals surface area contributed by atoms with Crippen LogP contribution in [0.25, 0.3) is 22.5 Å². The largest absolute Gasteiger partial charge is 0.497 e. The van der Waals surface area contributed by atoms with Crippen molar-refractivity contribution in [1.82, 2.24) is 9.97 Å². The number of amides is 2. The quantitative estimate of drug-likeness (QED) is 0.407. The lowest BCUT2D eigenvalue weighted by atomic mass is 10.1. The molecule has 0 fully saturated rings. The summed E-state index contributed by atoms with van der Waals surface area (Å²) in [6.07, 6.45) is 0. The number of anilines is 2. The smallest absolute Gasteiger partial charge is 0.326 e. The maximum atomic E-state index is 12.6. The summed E-state index contributed by atoms with van der Waals surface area (Å²) in [5.74, 6) is 0.982. The molecule has 0 radical (unpaired) electrons. The Morgan fingerprint density at radius 3 is 1.75 bits per heavy atom. The van der Waals surface area contributed by atoms with Crippen LogP contribution >= 0.6 is 0 Å². The summed E-state index contributed by atoms with van der Waals surface area (Å²) < 4.78 is 5.25. The molecule has 32 heavy (non-hydrogen) atoms. The van der Waals surface area contributed by atoms with Crippen molar-refractivity contribution in [1.29, 1.82) is 0 Å². The highest BCUT2D eigenvalue weighted by Gasteiger charge is 2.12. The molecule has 0 bridgehead atoms. The molecule has 0 aliphatic carbocycles. The van der Waals surface area contributed by atoms with E-state index in [2.05, 4.69) is 20.6 Å². The Morgan fingerprint density at radius 2 is 1.22 bits per heavy atom. The second-order valence-corrected chi connectivity index (χ2v) is 7.50. The first-order chi connectivity index (χ1) is 15.5. The average Bonchev–Trinajstić information content (AvgIpc) is 2.81. The van der Waals surface area contributed by atoms with Gasteiger partial charge >= 0.3 is 6.03 Å². The third kappa shape index (κ3) is 5.10. The molecule has 1 heterocycles. The van der Waals surface area contributed by atoms with Crippen molar-refractivity contribution in [3.63, 3.8) is 0 Å². The molecule has 2 N–H and O–H groups in total. The number of ether oxygens (including phenoxy) is 1. The summed E-state index contributed by atoms with van der Waals surface area (Å²) in [6, 6.07) is 24.7. The lowest BCUT2D eigenvalue weighted by Gasteiger charge is -2.11. The molecule has 0 spiro atoms. The Labute approximate surface area is 187 Å². The Kier molecular flexibility index (Phi) is 6.12. The predicted molar refractivity (Wildman–Crippen MR) is 128 cm³/mol. The monoisotopic (exact) mass is 424 g/mol. The van der Waals surface area contributed by atoms with E-state index in [-0.39, 0.29) is 5.95 Å². The normalized spacial score (nSPS) is 10.5. The lowest BCUT2D eigenvalue weighted by molar-refractivity contribution is 0.262. The van der Waals surface area contributed by atoms with Crippen LogP contribution in [0.4, 0.5) is 16.4 Å². The number of nitrogens with zero attached hydrogens (tertiary/aromatic N) is 2. The molecule has 4 rings (SSSR count). The van der Waals surface area contributed by atoms with E-state index in [4.69, 9.17) is 4.74 Å². The van der Waals surface area contributed by atoms with Gasteiger partial charge in [-0.1, -0.05) is 47.5 Å². The molecular formula is C26H24N4O2. The minimum absolute atomic E-state index is 0.221. The van der Waals surface area contributed by atoms with Crippen LogP contribution in [-0.4, -0.2) is 23.1 Å². The third-order valence-corrected chi connectivity index (χ3v) is 4.99. The molecule has 0 atom stereocenters. The van der Waals surface area contributed by atoms with Gasteiger partial charge in [0.1, 0.15) is 5.75 Å². The number of nitrogens with one attached hydrogen (secondary N) is 2. The molecular weight excluding hydrogens is 400 g/mol. The first kappa shape index (κ1) is 21.1. The van der Waals surface area contributed by atoms with Gasteiger partial charge in [-0.15, -0.1) is 0 Å². The number of benzene rings is 3. The topological polar surface area (TPSA) is 76.1 Å². The molecule has 0 unspecified atom stereocenters. The molecule has 0 saturated heterocycles. The van der Waals surface area contributed by atoms with Gasteiger partial charge in [0, 0.05) is 16.8 Å². The fourth-order valence-electron chi connectivity index (χ4n) is 3.19. The summed E-state index contributed by atoms with van der Waals surface area (Å²) in [5, 5.41) is 5.57. The third-order valence-electron chi connectivity index (χ3n) is 4.99. The van der Waals surface area contributed by atoms with E-state index in [1.165, 1.54) is 0 Å². The van der Waals surface area contributed by atoms with Gasteiger partial charge in [0.15, 0.2) is 0 Å². The second kappa shape index (κ2) is 9.31. The predicted octanol–water partition coefficient (Wildman–Crippen LogP) is 6.08. The van der Waals surface area contributed by atoms with E-state index in [1.807, 2.05) is 92.7 Å². The molecule has 4 aromatic rings. The number of carbonyl (C=O) groups excluding carboxylic acids is 1. The van der Waals surface area contributed by atoms with Crippen molar-refractivity contribution in [2.75, 3.05) is 17.7 Å². The second-order valence-electron chi connectivity index (χ2n) is 7.50. The number of urea groups is 1. The molecule has 0 aliphatic rings. The Morgan fingerprint density at radius 1 is 0.719 bits per heavy atom. The summed E-state index contributed by atoms with van der Waals surface area (Å²) in [5.41, 5.74) is 6.22. The number of aryl methyl sites for hydroxylation is 2. The number of carbonyl (C=O) groups is 1.